The molecule has 0 unspecified atom stereocenters. The molecule has 0 aromatic heterocycles. The van der Waals surface area contributed by atoms with Gasteiger partial charge in [-0.25, -0.2) is 8.78 Å². The van der Waals surface area contributed by atoms with Crippen molar-refractivity contribution < 1.29 is 8.78 Å². The zero-order valence-corrected chi connectivity index (χ0v) is 17.7. The van der Waals surface area contributed by atoms with E-state index in [0.717, 1.165) is 43.1 Å². The van der Waals surface area contributed by atoms with Gasteiger partial charge < -0.3 is 0 Å². The minimum absolute atomic E-state index is 0.0286. The van der Waals surface area contributed by atoms with Crippen molar-refractivity contribution in [3.8, 4) is 11.8 Å². The largest absolute Gasteiger partial charge is 0.206 e. The SMILES string of the molecule is CCCC1CCC(C#Cc2c(F)cc(C3CCC(CCC)CC3)cc2F)CC1. The smallest absolute Gasteiger partial charge is 0.142 e. The second-order valence-corrected chi connectivity index (χ2v) is 9.14. The molecular formula is C26H36F2. The quantitative estimate of drug-likeness (QED) is 0.450. The highest BCUT2D eigenvalue weighted by molar-refractivity contribution is 5.40. The second kappa shape index (κ2) is 10.4. The summed E-state index contributed by atoms with van der Waals surface area (Å²) in [6.07, 6.45) is 14.1. The minimum Gasteiger partial charge on any atom is -0.206 e. The zero-order chi connectivity index (χ0) is 19.9. The van der Waals surface area contributed by atoms with Crippen LogP contribution in [0.25, 0.3) is 0 Å². The van der Waals surface area contributed by atoms with Crippen LogP contribution >= 0.6 is 0 Å². The van der Waals surface area contributed by atoms with Gasteiger partial charge in [0.2, 0.25) is 0 Å². The third-order valence-electron chi connectivity index (χ3n) is 7.02. The lowest BCUT2D eigenvalue weighted by atomic mass is 9.77. The molecule has 1 aromatic carbocycles. The van der Waals surface area contributed by atoms with Crippen molar-refractivity contribution in [2.75, 3.05) is 0 Å². The van der Waals surface area contributed by atoms with Crippen LogP contribution < -0.4 is 0 Å². The van der Waals surface area contributed by atoms with E-state index in [1.54, 1.807) is 12.1 Å². The highest BCUT2D eigenvalue weighted by Crippen LogP contribution is 2.38. The summed E-state index contributed by atoms with van der Waals surface area (Å²) in [5.41, 5.74) is 0.801. The van der Waals surface area contributed by atoms with Gasteiger partial charge in [-0.05, 0) is 86.8 Å². The second-order valence-electron chi connectivity index (χ2n) is 9.14. The molecule has 0 aliphatic heterocycles. The maximum absolute atomic E-state index is 14.6. The molecule has 1 aromatic rings. The van der Waals surface area contributed by atoms with Crippen LogP contribution in [0.5, 0.6) is 0 Å². The van der Waals surface area contributed by atoms with E-state index in [9.17, 15) is 8.78 Å². The van der Waals surface area contributed by atoms with Gasteiger partial charge in [-0.1, -0.05) is 51.4 Å². The van der Waals surface area contributed by atoms with E-state index in [0.29, 0.717) is 11.8 Å². The van der Waals surface area contributed by atoms with Gasteiger partial charge in [-0.3, -0.25) is 0 Å². The Labute approximate surface area is 170 Å². The molecule has 0 amide bonds. The molecule has 0 heterocycles. The Morgan fingerprint density at radius 2 is 1.29 bits per heavy atom. The van der Waals surface area contributed by atoms with Gasteiger partial charge in [0, 0.05) is 5.92 Å². The van der Waals surface area contributed by atoms with Gasteiger partial charge in [0.1, 0.15) is 11.6 Å². The molecule has 3 rings (SSSR count). The van der Waals surface area contributed by atoms with Crippen molar-refractivity contribution in [2.24, 2.45) is 17.8 Å². The average Bonchev–Trinajstić information content (AvgIpc) is 2.69. The third-order valence-corrected chi connectivity index (χ3v) is 7.02. The lowest BCUT2D eigenvalue weighted by Crippen LogP contribution is -2.14. The molecule has 0 saturated heterocycles. The maximum Gasteiger partial charge on any atom is 0.142 e. The molecule has 2 saturated carbocycles. The summed E-state index contributed by atoms with van der Waals surface area (Å²) in [5, 5.41) is 0. The fraction of sp³-hybridized carbons (Fsp3) is 0.692. The monoisotopic (exact) mass is 386 g/mol. The highest BCUT2D eigenvalue weighted by atomic mass is 19.1. The predicted molar refractivity (Wildman–Crippen MR) is 113 cm³/mol. The molecule has 0 bridgehead atoms. The number of rotatable bonds is 5. The van der Waals surface area contributed by atoms with Crippen LogP contribution in [-0.2, 0) is 0 Å². The number of benzene rings is 1. The van der Waals surface area contributed by atoms with Gasteiger partial charge in [0.05, 0.1) is 5.56 Å². The first-order valence-corrected chi connectivity index (χ1v) is 11.6. The summed E-state index contributed by atoms with van der Waals surface area (Å²) in [6, 6.07) is 3.10. The van der Waals surface area contributed by atoms with Crippen molar-refractivity contribution in [1.82, 2.24) is 0 Å². The summed E-state index contributed by atoms with van der Waals surface area (Å²) < 4.78 is 29.3. The molecule has 0 radical (unpaired) electrons. The zero-order valence-electron chi connectivity index (χ0n) is 17.7. The van der Waals surface area contributed by atoms with Gasteiger partial charge in [-0.2, -0.15) is 0 Å². The van der Waals surface area contributed by atoms with Crippen LogP contribution in [0.3, 0.4) is 0 Å². The Morgan fingerprint density at radius 1 is 0.786 bits per heavy atom. The molecule has 28 heavy (non-hydrogen) atoms. The highest BCUT2D eigenvalue weighted by Gasteiger charge is 2.24. The van der Waals surface area contributed by atoms with Crippen LogP contribution in [0.15, 0.2) is 12.1 Å². The van der Waals surface area contributed by atoms with Crippen molar-refractivity contribution >= 4 is 0 Å². The van der Waals surface area contributed by atoms with Crippen LogP contribution in [0.4, 0.5) is 8.78 Å². The summed E-state index contributed by atoms with van der Waals surface area (Å²) in [5.74, 6) is 7.29. The van der Waals surface area contributed by atoms with Crippen molar-refractivity contribution in [3.05, 3.63) is 34.9 Å². The lowest BCUT2D eigenvalue weighted by molar-refractivity contribution is 0.300. The van der Waals surface area contributed by atoms with Gasteiger partial charge >= 0.3 is 0 Å². The fourth-order valence-electron chi connectivity index (χ4n) is 5.32. The van der Waals surface area contributed by atoms with E-state index in [1.165, 1.54) is 51.4 Å². The van der Waals surface area contributed by atoms with Crippen molar-refractivity contribution in [1.29, 1.82) is 0 Å². The van der Waals surface area contributed by atoms with Crippen LogP contribution in [-0.4, -0.2) is 0 Å². The molecule has 2 fully saturated rings. The Bertz CT molecular complexity index is 657. The molecule has 0 N–H and O–H groups in total. The van der Waals surface area contributed by atoms with E-state index >= 15 is 0 Å². The van der Waals surface area contributed by atoms with E-state index in [-0.39, 0.29) is 5.56 Å². The van der Waals surface area contributed by atoms with Gasteiger partial charge in [0.15, 0.2) is 0 Å². The standard InChI is InChI=1S/C26H36F2/c1-3-5-19-7-9-21(10-8-19)13-16-24-25(27)17-23(18-26(24)28)22-14-11-20(6-4-2)12-15-22/h17-22H,3-12,14-15H2,1-2H3. The maximum atomic E-state index is 14.6. The number of hydrogen-bond donors (Lipinski definition) is 0. The molecule has 0 nitrogen and oxygen atoms in total. The van der Waals surface area contributed by atoms with Gasteiger partial charge in [-0.15, -0.1) is 0 Å². The lowest BCUT2D eigenvalue weighted by Gasteiger charge is -2.28. The first-order valence-electron chi connectivity index (χ1n) is 11.6. The topological polar surface area (TPSA) is 0 Å². The van der Waals surface area contributed by atoms with E-state index in [2.05, 4.69) is 25.7 Å². The Kier molecular flexibility index (Phi) is 7.95. The van der Waals surface area contributed by atoms with Crippen LogP contribution in [0.2, 0.25) is 0 Å². The van der Waals surface area contributed by atoms with Crippen LogP contribution in [0, 0.1) is 41.2 Å². The normalized spacial score (nSPS) is 27.9. The summed E-state index contributed by atoms with van der Waals surface area (Å²) in [7, 11) is 0. The minimum atomic E-state index is -0.474. The van der Waals surface area contributed by atoms with E-state index in [1.807, 2.05) is 0 Å². The third kappa shape index (κ3) is 5.59. The number of halogens is 2. The Morgan fingerprint density at radius 3 is 1.79 bits per heavy atom. The molecule has 2 aliphatic carbocycles. The molecule has 154 valence electrons. The molecular weight excluding hydrogens is 350 g/mol. The predicted octanol–water partition coefficient (Wildman–Crippen LogP) is 8.00. The van der Waals surface area contributed by atoms with Crippen molar-refractivity contribution in [2.45, 2.75) is 96.8 Å². The summed E-state index contributed by atoms with van der Waals surface area (Å²) in [4.78, 5) is 0. The first-order chi connectivity index (χ1) is 13.6. The van der Waals surface area contributed by atoms with Crippen LogP contribution in [0.1, 0.15) is 108 Å². The Hall–Kier alpha value is -1.36. The van der Waals surface area contributed by atoms with E-state index < -0.39 is 11.6 Å². The fourth-order valence-corrected chi connectivity index (χ4v) is 5.32. The first kappa shape index (κ1) is 21.4. The molecule has 0 atom stereocenters. The summed E-state index contributed by atoms with van der Waals surface area (Å²) in [6.45, 7) is 4.46. The summed E-state index contributed by atoms with van der Waals surface area (Å²) >= 11 is 0. The Balaban J connectivity index is 1.62. The molecule has 2 heteroatoms. The van der Waals surface area contributed by atoms with Crippen molar-refractivity contribution in [3.63, 3.8) is 0 Å². The molecule has 0 spiro atoms. The van der Waals surface area contributed by atoms with E-state index in [4.69, 9.17) is 0 Å². The number of hydrogen-bond acceptors (Lipinski definition) is 0. The average molecular weight is 387 g/mol. The molecule has 2 aliphatic rings. The van der Waals surface area contributed by atoms with Gasteiger partial charge in [0.25, 0.3) is 0 Å².